The number of carbonyl (C=O) groups excluding carboxylic acids is 1. The Bertz CT molecular complexity index is 1460. The molecule has 1 aromatic carbocycles. The van der Waals surface area contributed by atoms with Crippen LogP contribution in [-0.2, 0) is 25.7 Å². The molecule has 250 valence electrons. The Morgan fingerprint density at radius 3 is 2.42 bits per heavy atom. The molecule has 0 spiro atoms. The van der Waals surface area contributed by atoms with Crippen LogP contribution < -0.4 is 9.47 Å². The second-order valence-electron chi connectivity index (χ2n) is 10.6. The van der Waals surface area contributed by atoms with E-state index in [2.05, 4.69) is 24.8 Å². The van der Waals surface area contributed by atoms with Gasteiger partial charge < -0.3 is 33.2 Å². The van der Waals surface area contributed by atoms with Gasteiger partial charge in [-0.25, -0.2) is 20.0 Å². The van der Waals surface area contributed by atoms with E-state index in [0.717, 1.165) is 5.75 Å². The van der Waals surface area contributed by atoms with Crippen LogP contribution in [0.15, 0.2) is 23.5 Å². The highest BCUT2D eigenvalue weighted by Gasteiger charge is 2.25. The lowest BCUT2D eigenvalue weighted by atomic mass is 10.1. The number of ether oxygens (including phenoxy) is 5. The van der Waals surface area contributed by atoms with Gasteiger partial charge in [-0.2, -0.15) is 5.26 Å². The third-order valence-corrected chi connectivity index (χ3v) is 8.85. The molecule has 3 aromatic rings. The van der Waals surface area contributed by atoms with E-state index >= 15 is 0 Å². The van der Waals surface area contributed by atoms with Crippen molar-refractivity contribution in [3.05, 3.63) is 28.9 Å². The average molecular weight is 684 g/mol. The van der Waals surface area contributed by atoms with Crippen molar-refractivity contribution in [3.8, 4) is 28.8 Å². The van der Waals surface area contributed by atoms with E-state index in [4.69, 9.17) is 45.3 Å². The minimum Gasteiger partial charge on any atom is -0.493 e. The molecule has 0 aliphatic carbocycles. The van der Waals surface area contributed by atoms with Gasteiger partial charge in [0.1, 0.15) is 18.4 Å². The summed E-state index contributed by atoms with van der Waals surface area (Å²) in [7, 11) is 5.78. The number of amides is 1. The first-order chi connectivity index (χ1) is 21.4. The summed E-state index contributed by atoms with van der Waals surface area (Å²) < 4.78 is 29.6. The second kappa shape index (κ2) is 18.4. The molecule has 1 unspecified atom stereocenters. The summed E-state index contributed by atoms with van der Waals surface area (Å²) >= 11 is 8.01. The van der Waals surface area contributed by atoms with E-state index in [1.54, 1.807) is 51.0 Å². The summed E-state index contributed by atoms with van der Waals surface area (Å²) in [5, 5.41) is 10.9. The third-order valence-electron chi connectivity index (χ3n) is 6.20. The first-order valence-electron chi connectivity index (χ1n) is 14.4. The molecule has 14 heteroatoms. The number of halogens is 1. The second-order valence-corrected chi connectivity index (χ2v) is 17.0. The number of nitriles is 1. The van der Waals surface area contributed by atoms with Crippen molar-refractivity contribution >= 4 is 50.3 Å². The summed E-state index contributed by atoms with van der Waals surface area (Å²) in [4.78, 5) is 23.8. The Balaban J connectivity index is 0.00000345. The number of benzene rings is 1. The van der Waals surface area contributed by atoms with Crippen molar-refractivity contribution in [2.75, 3.05) is 79.4 Å². The maximum absolute atomic E-state index is 12.7. The minimum absolute atomic E-state index is 0.0430. The van der Waals surface area contributed by atoms with Gasteiger partial charge in [0.15, 0.2) is 23.4 Å². The van der Waals surface area contributed by atoms with Gasteiger partial charge in [0.2, 0.25) is 5.91 Å². The number of fused-ring (bicyclic) bond motifs is 1. The number of carbonyl (C=O) groups is 1. The summed E-state index contributed by atoms with van der Waals surface area (Å²) in [5.74, 6) is 1.65. The standard InChI is InChI=1S/C29H40ClN5O6S2.C2H6/c1-19(28(36)34(2)3)42-29-32-26(21-13-24(23(38-5)14-22(21)30)41-18-40-10-9-37-4)25-20(15-31)16-35(27(25)33-29)17-39-11-12-43(6,7)8;1-2/h13-14,16,19H,9-12,17-18H2,1-8H3;1-2H3. The van der Waals surface area contributed by atoms with Crippen molar-refractivity contribution in [2.45, 2.75) is 37.9 Å². The molecule has 0 radical (unpaired) electrons. The summed E-state index contributed by atoms with van der Waals surface area (Å²) in [6.45, 7) is 7.31. The van der Waals surface area contributed by atoms with Crippen LogP contribution in [0.2, 0.25) is 5.02 Å². The molecule has 0 aliphatic rings. The lowest BCUT2D eigenvalue weighted by Gasteiger charge is -2.24. The SMILES string of the molecule is CC.COCCOCOc1cc(-c2nc(SC(C)C(=O)N(C)C)nc3c2c(C#N)cn3COCCS(C)(C)C)c(Cl)cc1OC. The number of hydrogen-bond donors (Lipinski definition) is 0. The van der Waals surface area contributed by atoms with E-state index in [9.17, 15) is 10.1 Å². The van der Waals surface area contributed by atoms with Gasteiger partial charge in [-0.3, -0.25) is 4.79 Å². The van der Waals surface area contributed by atoms with Crippen LogP contribution in [-0.4, -0.2) is 110 Å². The highest BCUT2D eigenvalue weighted by Crippen LogP contribution is 2.42. The number of rotatable bonds is 16. The van der Waals surface area contributed by atoms with Gasteiger partial charge in [0, 0.05) is 44.8 Å². The Labute approximate surface area is 277 Å². The van der Waals surface area contributed by atoms with Crippen LogP contribution in [0.1, 0.15) is 26.3 Å². The molecule has 1 amide bonds. The Morgan fingerprint density at radius 1 is 1.11 bits per heavy atom. The molecule has 45 heavy (non-hydrogen) atoms. The monoisotopic (exact) mass is 683 g/mol. The van der Waals surface area contributed by atoms with Crippen LogP contribution in [0.3, 0.4) is 0 Å². The molecule has 0 fully saturated rings. The number of hydrogen-bond acceptors (Lipinski definition) is 10. The third kappa shape index (κ3) is 10.9. The average Bonchev–Trinajstić information content (AvgIpc) is 3.36. The van der Waals surface area contributed by atoms with Crippen LogP contribution in [0, 0.1) is 11.3 Å². The summed E-state index contributed by atoms with van der Waals surface area (Å²) in [6.07, 6.45) is 8.40. The molecule has 2 heterocycles. The number of thioether (sulfide) groups is 1. The minimum atomic E-state index is -0.728. The maximum Gasteiger partial charge on any atom is 0.235 e. The molecule has 0 saturated heterocycles. The van der Waals surface area contributed by atoms with E-state index in [1.807, 2.05) is 13.8 Å². The predicted octanol–water partition coefficient (Wildman–Crippen LogP) is 5.89. The zero-order valence-electron chi connectivity index (χ0n) is 27.9. The van der Waals surface area contributed by atoms with Gasteiger partial charge in [0.05, 0.1) is 53.8 Å². The van der Waals surface area contributed by atoms with Crippen molar-refractivity contribution in [2.24, 2.45) is 0 Å². The lowest BCUT2D eigenvalue weighted by molar-refractivity contribution is -0.127. The van der Waals surface area contributed by atoms with Gasteiger partial charge in [-0.15, -0.1) is 0 Å². The largest absolute Gasteiger partial charge is 0.493 e. The molecule has 0 N–H and O–H groups in total. The fourth-order valence-corrected chi connectivity index (χ4v) is 5.71. The highest BCUT2D eigenvalue weighted by molar-refractivity contribution is 8.32. The smallest absolute Gasteiger partial charge is 0.235 e. The first-order valence-corrected chi connectivity index (χ1v) is 18.7. The molecule has 11 nitrogen and oxygen atoms in total. The predicted molar refractivity (Wildman–Crippen MR) is 184 cm³/mol. The maximum atomic E-state index is 12.7. The van der Waals surface area contributed by atoms with Crippen molar-refractivity contribution in [1.29, 1.82) is 5.26 Å². The molecule has 0 saturated carbocycles. The molecular formula is C31H46ClN5O6S2. The van der Waals surface area contributed by atoms with Gasteiger partial charge in [-0.1, -0.05) is 37.2 Å². The highest BCUT2D eigenvalue weighted by atomic mass is 35.5. The quantitative estimate of drug-likeness (QED) is 0.0782. The van der Waals surface area contributed by atoms with E-state index in [-0.39, 0.29) is 19.4 Å². The van der Waals surface area contributed by atoms with Crippen LogP contribution in [0.5, 0.6) is 11.5 Å². The molecule has 3 rings (SSSR count). The topological polar surface area (TPSA) is 121 Å². The first kappa shape index (κ1) is 38.5. The molecular weight excluding hydrogens is 638 g/mol. The van der Waals surface area contributed by atoms with Crippen molar-refractivity contribution in [3.63, 3.8) is 0 Å². The van der Waals surface area contributed by atoms with Gasteiger partial charge in [0.25, 0.3) is 0 Å². The Hall–Kier alpha value is -2.73. The van der Waals surface area contributed by atoms with Crippen LogP contribution >= 0.6 is 33.4 Å². The van der Waals surface area contributed by atoms with Gasteiger partial charge in [-0.05, 0) is 31.8 Å². The molecule has 0 aliphatic heterocycles. The van der Waals surface area contributed by atoms with E-state index in [0.29, 0.717) is 69.4 Å². The van der Waals surface area contributed by atoms with Crippen LogP contribution in [0.4, 0.5) is 0 Å². The number of nitrogens with zero attached hydrogens (tertiary/aromatic N) is 5. The Kier molecular flexibility index (Phi) is 15.7. The number of aromatic nitrogens is 3. The normalized spacial score (nSPS) is 12.2. The van der Waals surface area contributed by atoms with Crippen molar-refractivity contribution in [1.82, 2.24) is 19.4 Å². The van der Waals surface area contributed by atoms with Gasteiger partial charge >= 0.3 is 0 Å². The fourth-order valence-electron chi connectivity index (χ4n) is 3.94. The zero-order chi connectivity index (χ0) is 33.7. The van der Waals surface area contributed by atoms with Crippen LogP contribution in [0.25, 0.3) is 22.3 Å². The zero-order valence-corrected chi connectivity index (χ0v) is 30.3. The lowest BCUT2D eigenvalue weighted by Crippen LogP contribution is -2.29. The fraction of sp³-hybridized carbons (Fsp3) is 0.548. The molecule has 2 aromatic heterocycles. The summed E-state index contributed by atoms with van der Waals surface area (Å²) in [5.41, 5.74) is 1.78. The summed E-state index contributed by atoms with van der Waals surface area (Å²) in [6, 6.07) is 5.60. The molecule has 1 atom stereocenters. The Morgan fingerprint density at radius 2 is 1.82 bits per heavy atom. The van der Waals surface area contributed by atoms with Crippen molar-refractivity contribution < 1.29 is 28.5 Å². The van der Waals surface area contributed by atoms with E-state index in [1.165, 1.54) is 23.8 Å². The molecule has 0 bridgehead atoms. The van der Waals surface area contributed by atoms with E-state index < -0.39 is 15.3 Å². The number of methoxy groups -OCH3 is 2.